The second-order valence-corrected chi connectivity index (χ2v) is 3.68. The Bertz CT molecular complexity index is 153. The van der Waals surface area contributed by atoms with Crippen molar-refractivity contribution in [1.82, 2.24) is 4.90 Å². The summed E-state index contributed by atoms with van der Waals surface area (Å²) in [5.41, 5.74) is 5.49. The van der Waals surface area contributed by atoms with E-state index in [9.17, 15) is 0 Å². The summed E-state index contributed by atoms with van der Waals surface area (Å²) in [5, 5.41) is 0. The lowest BCUT2D eigenvalue weighted by Crippen LogP contribution is -2.39. The van der Waals surface area contributed by atoms with Crippen LogP contribution in [0.4, 0.5) is 0 Å². The molecule has 0 radical (unpaired) electrons. The van der Waals surface area contributed by atoms with Gasteiger partial charge >= 0.3 is 0 Å². The average Bonchev–Trinajstić information content (AvgIpc) is 2.09. The summed E-state index contributed by atoms with van der Waals surface area (Å²) in [5.74, 6) is 0. The van der Waals surface area contributed by atoms with Crippen molar-refractivity contribution in [3.8, 4) is 0 Å². The van der Waals surface area contributed by atoms with Crippen molar-refractivity contribution >= 4 is 17.2 Å². The van der Waals surface area contributed by atoms with Crippen LogP contribution in [0.3, 0.4) is 0 Å². The zero-order valence-corrected chi connectivity index (χ0v) is 9.56. The van der Waals surface area contributed by atoms with Gasteiger partial charge in [-0.2, -0.15) is 0 Å². The molecule has 0 aromatic rings. The Balaban J connectivity index is 3.84. The molecule has 0 aromatic heterocycles. The highest BCUT2D eigenvalue weighted by Gasteiger charge is 2.11. The third-order valence-electron chi connectivity index (χ3n) is 2.13. The molecule has 78 valence electrons. The number of hydrogen-bond donors (Lipinski definition) is 1. The van der Waals surface area contributed by atoms with E-state index in [0.29, 0.717) is 17.6 Å². The fourth-order valence-corrected chi connectivity index (χ4v) is 1.42. The third kappa shape index (κ3) is 5.96. The summed E-state index contributed by atoms with van der Waals surface area (Å²) in [4.78, 5) is 2.81. The van der Waals surface area contributed by atoms with Gasteiger partial charge in [0, 0.05) is 26.3 Å². The van der Waals surface area contributed by atoms with Crippen LogP contribution in [0, 0.1) is 0 Å². The summed E-state index contributed by atoms with van der Waals surface area (Å²) in [6.45, 7) is 6.75. The van der Waals surface area contributed by atoms with Crippen molar-refractivity contribution in [1.29, 1.82) is 0 Å². The highest BCUT2D eigenvalue weighted by atomic mass is 32.1. The van der Waals surface area contributed by atoms with E-state index in [0.717, 1.165) is 19.6 Å². The van der Waals surface area contributed by atoms with E-state index in [4.69, 9.17) is 22.7 Å². The molecule has 0 aromatic carbocycles. The Morgan fingerprint density at radius 3 is 2.62 bits per heavy atom. The summed E-state index contributed by atoms with van der Waals surface area (Å²) in [6, 6.07) is 0.478. The molecule has 0 saturated carbocycles. The van der Waals surface area contributed by atoms with Crippen LogP contribution in [0.2, 0.25) is 0 Å². The molecule has 13 heavy (non-hydrogen) atoms. The predicted octanol–water partition coefficient (Wildman–Crippen LogP) is 1.02. The smallest absolute Gasteiger partial charge is 0.0870 e. The van der Waals surface area contributed by atoms with Gasteiger partial charge in [0.25, 0.3) is 0 Å². The first-order valence-electron chi connectivity index (χ1n) is 4.63. The summed E-state index contributed by atoms with van der Waals surface area (Å²) < 4.78 is 5.02. The van der Waals surface area contributed by atoms with Gasteiger partial charge in [0.1, 0.15) is 0 Å². The molecule has 0 saturated heterocycles. The molecule has 0 heterocycles. The fraction of sp³-hybridized carbons (Fsp3) is 0.889. The molecule has 0 aliphatic rings. The van der Waals surface area contributed by atoms with Crippen LogP contribution >= 0.6 is 12.2 Å². The molecule has 2 N–H and O–H groups in total. The Morgan fingerprint density at radius 2 is 2.23 bits per heavy atom. The highest BCUT2D eigenvalue weighted by molar-refractivity contribution is 7.80. The van der Waals surface area contributed by atoms with E-state index in [2.05, 4.69) is 18.7 Å². The van der Waals surface area contributed by atoms with Crippen molar-refractivity contribution in [2.24, 2.45) is 5.73 Å². The minimum absolute atomic E-state index is 0.478. The molecule has 3 nitrogen and oxygen atoms in total. The number of hydrogen-bond acceptors (Lipinski definition) is 3. The molecule has 0 amide bonds. The first-order chi connectivity index (χ1) is 6.11. The first-order valence-corrected chi connectivity index (χ1v) is 5.03. The number of methoxy groups -OCH3 is 1. The summed E-state index contributed by atoms with van der Waals surface area (Å²) in [7, 11) is 1.72. The van der Waals surface area contributed by atoms with Gasteiger partial charge in [-0.3, -0.25) is 4.90 Å². The van der Waals surface area contributed by atoms with E-state index >= 15 is 0 Å². The summed E-state index contributed by atoms with van der Waals surface area (Å²) in [6.07, 6.45) is 1.02. The van der Waals surface area contributed by atoms with Crippen LogP contribution in [-0.2, 0) is 4.74 Å². The number of nitrogens with zero attached hydrogens (tertiary/aromatic N) is 1. The van der Waals surface area contributed by atoms with Gasteiger partial charge in [-0.25, -0.2) is 0 Å². The van der Waals surface area contributed by atoms with Crippen LogP contribution < -0.4 is 5.73 Å². The van der Waals surface area contributed by atoms with Crippen LogP contribution in [0.1, 0.15) is 20.3 Å². The number of thiocarbonyl (C=S) groups is 1. The predicted molar refractivity (Wildman–Crippen MR) is 60.0 cm³/mol. The molecular formula is C9H20N2OS. The van der Waals surface area contributed by atoms with Gasteiger partial charge in [-0.05, 0) is 19.9 Å². The Kier molecular flexibility index (Phi) is 7.13. The maximum atomic E-state index is 5.49. The van der Waals surface area contributed by atoms with E-state index in [1.54, 1.807) is 7.11 Å². The molecule has 0 aliphatic heterocycles. The van der Waals surface area contributed by atoms with E-state index < -0.39 is 0 Å². The number of likely N-dealkylation sites (N-methyl/N-ethyl adjacent to an activating group) is 1. The normalized spacial score (nSPS) is 13.2. The van der Waals surface area contributed by atoms with Gasteiger partial charge in [-0.15, -0.1) is 0 Å². The minimum Gasteiger partial charge on any atom is -0.392 e. The largest absolute Gasteiger partial charge is 0.392 e. The molecule has 4 heteroatoms. The van der Waals surface area contributed by atoms with Crippen molar-refractivity contribution in [3.05, 3.63) is 0 Å². The van der Waals surface area contributed by atoms with Gasteiger partial charge in [0.05, 0.1) is 4.99 Å². The molecule has 1 atom stereocenters. The number of rotatable bonds is 7. The van der Waals surface area contributed by atoms with E-state index in [-0.39, 0.29) is 0 Å². The minimum atomic E-state index is 0.478. The SMILES string of the molecule is CCN(CC(N)=S)C(C)CCOC. The fourth-order valence-electron chi connectivity index (χ4n) is 1.25. The number of ether oxygens (including phenoxy) is 1. The lowest BCUT2D eigenvalue weighted by molar-refractivity contribution is 0.150. The summed E-state index contributed by atoms with van der Waals surface area (Å²) >= 11 is 4.87. The van der Waals surface area contributed by atoms with Crippen LogP contribution in [0.25, 0.3) is 0 Å². The molecule has 0 rings (SSSR count). The van der Waals surface area contributed by atoms with Gasteiger partial charge in [0.2, 0.25) is 0 Å². The zero-order valence-electron chi connectivity index (χ0n) is 8.75. The van der Waals surface area contributed by atoms with Gasteiger partial charge < -0.3 is 10.5 Å². The molecule has 0 bridgehead atoms. The monoisotopic (exact) mass is 204 g/mol. The van der Waals surface area contributed by atoms with E-state index in [1.165, 1.54) is 0 Å². The van der Waals surface area contributed by atoms with Gasteiger partial charge in [-0.1, -0.05) is 19.1 Å². The maximum Gasteiger partial charge on any atom is 0.0870 e. The molecular weight excluding hydrogens is 184 g/mol. The van der Waals surface area contributed by atoms with E-state index in [1.807, 2.05) is 0 Å². The average molecular weight is 204 g/mol. The van der Waals surface area contributed by atoms with Crippen LogP contribution in [-0.4, -0.2) is 42.7 Å². The second-order valence-electron chi connectivity index (χ2n) is 3.16. The van der Waals surface area contributed by atoms with Crippen LogP contribution in [0.5, 0.6) is 0 Å². The topological polar surface area (TPSA) is 38.5 Å². The van der Waals surface area contributed by atoms with Crippen molar-refractivity contribution in [3.63, 3.8) is 0 Å². The molecule has 0 fully saturated rings. The lowest BCUT2D eigenvalue weighted by Gasteiger charge is -2.26. The standard InChI is InChI=1S/C9H20N2OS/c1-4-11(7-9(10)13)8(2)5-6-12-3/h8H,4-7H2,1-3H3,(H2,10,13). The second kappa shape index (κ2) is 7.24. The van der Waals surface area contributed by atoms with Crippen molar-refractivity contribution in [2.75, 3.05) is 26.8 Å². The molecule has 0 spiro atoms. The molecule has 0 aliphatic carbocycles. The first kappa shape index (κ1) is 12.8. The quantitative estimate of drug-likeness (QED) is 0.628. The molecule has 1 unspecified atom stereocenters. The number of nitrogens with two attached hydrogens (primary N) is 1. The van der Waals surface area contributed by atoms with Crippen LogP contribution in [0.15, 0.2) is 0 Å². The zero-order chi connectivity index (χ0) is 10.3. The lowest BCUT2D eigenvalue weighted by atomic mass is 10.2. The highest BCUT2D eigenvalue weighted by Crippen LogP contribution is 2.03. The Labute approximate surface area is 86.2 Å². The Morgan fingerprint density at radius 1 is 1.62 bits per heavy atom. The van der Waals surface area contributed by atoms with Crippen molar-refractivity contribution < 1.29 is 4.74 Å². The maximum absolute atomic E-state index is 5.49. The van der Waals surface area contributed by atoms with Crippen molar-refractivity contribution in [2.45, 2.75) is 26.3 Å². The van der Waals surface area contributed by atoms with Gasteiger partial charge in [0.15, 0.2) is 0 Å². The Hall–Kier alpha value is -0.190. The third-order valence-corrected chi connectivity index (χ3v) is 2.26.